The minimum atomic E-state index is -0.480. The molecular weight excluding hydrogens is 362 g/mol. The zero-order chi connectivity index (χ0) is 20.3. The summed E-state index contributed by atoms with van der Waals surface area (Å²) < 4.78 is 10.9. The number of carbonyl (C=O) groups is 1. The average Bonchev–Trinajstić information content (AvgIpc) is 2.99. The van der Waals surface area contributed by atoms with E-state index in [2.05, 4.69) is 10.5 Å². The molecule has 8 heteroatoms. The number of nitro benzene ring substituents is 1. The number of hydrogen-bond donors (Lipinski definition) is 1. The van der Waals surface area contributed by atoms with Gasteiger partial charge >= 0.3 is 0 Å². The number of rotatable bonds is 6. The van der Waals surface area contributed by atoms with E-state index in [9.17, 15) is 14.9 Å². The third kappa shape index (κ3) is 4.01. The first kappa shape index (κ1) is 19.1. The lowest BCUT2D eigenvalue weighted by molar-refractivity contribution is -0.385. The van der Waals surface area contributed by atoms with Gasteiger partial charge in [0.05, 0.1) is 21.7 Å². The Morgan fingerprint density at radius 2 is 1.96 bits per heavy atom. The van der Waals surface area contributed by atoms with Crippen LogP contribution in [0.1, 0.15) is 32.9 Å². The summed E-state index contributed by atoms with van der Waals surface area (Å²) in [5.74, 6) is 0.625. The van der Waals surface area contributed by atoms with Gasteiger partial charge in [0.1, 0.15) is 18.1 Å². The van der Waals surface area contributed by atoms with Crippen molar-refractivity contribution in [2.45, 2.75) is 27.4 Å². The van der Waals surface area contributed by atoms with Gasteiger partial charge in [-0.05, 0) is 39.0 Å². The van der Waals surface area contributed by atoms with Crippen LogP contribution in [0.3, 0.4) is 0 Å². The van der Waals surface area contributed by atoms with Crippen molar-refractivity contribution >= 4 is 17.3 Å². The second-order valence-electron chi connectivity index (χ2n) is 6.30. The molecule has 2 aromatic carbocycles. The van der Waals surface area contributed by atoms with E-state index in [-0.39, 0.29) is 12.3 Å². The zero-order valence-electron chi connectivity index (χ0n) is 15.7. The highest BCUT2D eigenvalue weighted by Gasteiger charge is 2.17. The minimum Gasteiger partial charge on any atom is -0.488 e. The summed E-state index contributed by atoms with van der Waals surface area (Å²) in [7, 11) is 0. The van der Waals surface area contributed by atoms with Crippen molar-refractivity contribution in [3.8, 4) is 5.75 Å². The molecule has 0 fully saturated rings. The summed E-state index contributed by atoms with van der Waals surface area (Å²) in [4.78, 5) is 23.3. The maximum atomic E-state index is 12.7. The first-order valence-corrected chi connectivity index (χ1v) is 8.56. The number of nitrogens with one attached hydrogen (secondary N) is 1. The Morgan fingerprint density at radius 1 is 1.21 bits per heavy atom. The fraction of sp³-hybridized carbons (Fsp3) is 0.200. The van der Waals surface area contributed by atoms with E-state index in [0.717, 1.165) is 11.3 Å². The molecule has 0 saturated heterocycles. The highest BCUT2D eigenvalue weighted by atomic mass is 16.6. The Labute approximate surface area is 161 Å². The van der Waals surface area contributed by atoms with Gasteiger partial charge in [0, 0.05) is 17.3 Å². The summed E-state index contributed by atoms with van der Waals surface area (Å²) in [5.41, 5.74) is 2.67. The van der Waals surface area contributed by atoms with Crippen molar-refractivity contribution < 1.29 is 19.0 Å². The fourth-order valence-electron chi connectivity index (χ4n) is 2.72. The van der Waals surface area contributed by atoms with Crippen LogP contribution in [0.4, 0.5) is 11.4 Å². The Morgan fingerprint density at radius 3 is 2.64 bits per heavy atom. The quantitative estimate of drug-likeness (QED) is 0.503. The molecule has 1 N–H and O–H groups in total. The summed E-state index contributed by atoms with van der Waals surface area (Å²) in [6, 6.07) is 11.3. The van der Waals surface area contributed by atoms with E-state index in [1.165, 1.54) is 6.07 Å². The summed E-state index contributed by atoms with van der Waals surface area (Å²) in [6.07, 6.45) is 0. The van der Waals surface area contributed by atoms with E-state index in [0.29, 0.717) is 28.3 Å². The fourth-order valence-corrected chi connectivity index (χ4v) is 2.72. The Balaban J connectivity index is 1.79. The number of anilines is 1. The number of hydrogen-bond acceptors (Lipinski definition) is 6. The van der Waals surface area contributed by atoms with Crippen LogP contribution in [0.5, 0.6) is 5.75 Å². The first-order chi connectivity index (χ1) is 13.4. The highest BCUT2D eigenvalue weighted by Crippen LogP contribution is 2.25. The van der Waals surface area contributed by atoms with E-state index in [1.54, 1.807) is 50.2 Å². The van der Waals surface area contributed by atoms with Gasteiger partial charge in [0.25, 0.3) is 11.6 Å². The van der Waals surface area contributed by atoms with Crippen molar-refractivity contribution in [2.75, 3.05) is 5.32 Å². The number of ether oxygens (including phenoxy) is 1. The molecule has 1 amide bonds. The normalized spacial score (nSPS) is 10.5. The first-order valence-electron chi connectivity index (χ1n) is 8.56. The Kier molecular flexibility index (Phi) is 5.39. The van der Waals surface area contributed by atoms with E-state index in [4.69, 9.17) is 9.26 Å². The molecule has 0 radical (unpaired) electrons. The van der Waals surface area contributed by atoms with Crippen molar-refractivity contribution in [2.24, 2.45) is 0 Å². The number of benzene rings is 2. The van der Waals surface area contributed by atoms with Crippen LogP contribution in [0.15, 0.2) is 47.0 Å². The maximum Gasteiger partial charge on any atom is 0.274 e. The SMILES string of the molecule is Cc1ccc(NC(=O)c2ccccc2OCc2c(C)noc2C)cc1[N+](=O)[O-]. The lowest BCUT2D eigenvalue weighted by atomic mass is 10.1. The monoisotopic (exact) mass is 381 g/mol. The van der Waals surface area contributed by atoms with Crippen LogP contribution in [-0.2, 0) is 6.61 Å². The van der Waals surface area contributed by atoms with Crippen LogP contribution in [0.25, 0.3) is 0 Å². The number of nitro groups is 1. The number of aromatic nitrogens is 1. The van der Waals surface area contributed by atoms with Gasteiger partial charge in [0.2, 0.25) is 0 Å². The van der Waals surface area contributed by atoms with Gasteiger partial charge in [-0.25, -0.2) is 0 Å². The molecule has 0 aliphatic carbocycles. The zero-order valence-corrected chi connectivity index (χ0v) is 15.7. The maximum absolute atomic E-state index is 12.7. The van der Waals surface area contributed by atoms with Gasteiger partial charge in [0.15, 0.2) is 0 Å². The van der Waals surface area contributed by atoms with E-state index in [1.807, 2.05) is 6.92 Å². The number of aryl methyl sites for hydroxylation is 3. The average molecular weight is 381 g/mol. The standard InChI is InChI=1S/C20H19N3O5/c1-12-8-9-15(10-18(12)23(25)26)21-20(24)16-6-4-5-7-19(16)27-11-17-13(2)22-28-14(17)3/h4-10H,11H2,1-3H3,(H,21,24). The van der Waals surface area contributed by atoms with Crippen molar-refractivity contribution in [3.63, 3.8) is 0 Å². The van der Waals surface area contributed by atoms with Crippen molar-refractivity contribution in [1.29, 1.82) is 0 Å². The third-order valence-corrected chi connectivity index (χ3v) is 4.35. The van der Waals surface area contributed by atoms with Crippen LogP contribution in [0, 0.1) is 30.9 Å². The third-order valence-electron chi connectivity index (χ3n) is 4.35. The molecule has 0 bridgehead atoms. The molecule has 0 unspecified atom stereocenters. The Bertz CT molecular complexity index is 1020. The number of para-hydroxylation sites is 1. The van der Waals surface area contributed by atoms with Crippen molar-refractivity contribution in [1.82, 2.24) is 5.16 Å². The highest BCUT2D eigenvalue weighted by molar-refractivity contribution is 6.06. The molecule has 144 valence electrons. The van der Waals surface area contributed by atoms with E-state index >= 15 is 0 Å². The molecular formula is C20H19N3O5. The number of amides is 1. The van der Waals surface area contributed by atoms with Crippen LogP contribution < -0.4 is 10.1 Å². The largest absolute Gasteiger partial charge is 0.488 e. The number of nitrogens with zero attached hydrogens (tertiary/aromatic N) is 2. The summed E-state index contributed by atoms with van der Waals surface area (Å²) >= 11 is 0. The summed E-state index contributed by atoms with van der Waals surface area (Å²) in [6.45, 7) is 5.46. The molecule has 1 heterocycles. The van der Waals surface area contributed by atoms with E-state index < -0.39 is 10.8 Å². The molecule has 3 aromatic rings. The number of carbonyl (C=O) groups excluding carboxylic acids is 1. The van der Waals surface area contributed by atoms with Gasteiger partial charge in [-0.15, -0.1) is 0 Å². The van der Waals surface area contributed by atoms with Crippen LogP contribution in [0.2, 0.25) is 0 Å². The molecule has 0 atom stereocenters. The molecule has 1 aromatic heterocycles. The predicted octanol–water partition coefficient (Wildman–Crippen LogP) is 4.34. The second kappa shape index (κ2) is 7.91. The molecule has 0 aliphatic heterocycles. The van der Waals surface area contributed by atoms with Gasteiger partial charge in [-0.2, -0.15) is 0 Å². The molecule has 28 heavy (non-hydrogen) atoms. The topological polar surface area (TPSA) is 108 Å². The lowest BCUT2D eigenvalue weighted by Gasteiger charge is -2.12. The lowest BCUT2D eigenvalue weighted by Crippen LogP contribution is -2.14. The minimum absolute atomic E-state index is 0.0549. The Hall–Kier alpha value is -3.68. The predicted molar refractivity (Wildman–Crippen MR) is 103 cm³/mol. The molecule has 3 rings (SSSR count). The molecule has 8 nitrogen and oxygen atoms in total. The molecule has 0 aliphatic rings. The van der Waals surface area contributed by atoms with Gasteiger partial charge in [-0.1, -0.05) is 23.4 Å². The molecule has 0 spiro atoms. The van der Waals surface area contributed by atoms with Crippen LogP contribution >= 0.6 is 0 Å². The smallest absolute Gasteiger partial charge is 0.274 e. The molecule has 0 saturated carbocycles. The van der Waals surface area contributed by atoms with Crippen LogP contribution in [-0.4, -0.2) is 16.0 Å². The van der Waals surface area contributed by atoms with Gasteiger partial charge in [-0.3, -0.25) is 14.9 Å². The summed E-state index contributed by atoms with van der Waals surface area (Å²) in [5, 5.41) is 17.7. The van der Waals surface area contributed by atoms with Gasteiger partial charge < -0.3 is 14.6 Å². The van der Waals surface area contributed by atoms with Crippen molar-refractivity contribution in [3.05, 3.63) is 80.7 Å². The second-order valence-corrected chi connectivity index (χ2v) is 6.30.